The van der Waals surface area contributed by atoms with E-state index >= 15 is 0 Å². The van der Waals surface area contributed by atoms with Gasteiger partial charge in [0.25, 0.3) is 0 Å². The van der Waals surface area contributed by atoms with Crippen LogP contribution in [0.25, 0.3) is 10.9 Å². The first-order valence-corrected chi connectivity index (χ1v) is 10.4. The van der Waals surface area contributed by atoms with Crippen molar-refractivity contribution >= 4 is 16.8 Å². The van der Waals surface area contributed by atoms with E-state index in [0.717, 1.165) is 39.0 Å². The Morgan fingerprint density at radius 2 is 1.79 bits per heavy atom. The van der Waals surface area contributed by atoms with E-state index in [9.17, 15) is 4.79 Å². The summed E-state index contributed by atoms with van der Waals surface area (Å²) in [5.74, 6) is 0.173. The van der Waals surface area contributed by atoms with Crippen molar-refractivity contribution < 1.29 is 9.69 Å². The molecule has 4 heteroatoms. The van der Waals surface area contributed by atoms with Gasteiger partial charge in [-0.25, -0.2) is 0 Å². The predicted octanol–water partition coefficient (Wildman–Crippen LogP) is 2.70. The van der Waals surface area contributed by atoms with Gasteiger partial charge in [0.1, 0.15) is 6.54 Å². The lowest BCUT2D eigenvalue weighted by molar-refractivity contribution is -0.918. The molecule has 1 aliphatic heterocycles. The SMILES string of the molecule is Cc1cn(CCC(=O)NC2CC[NH+](Cc3ccccc3)CC2)c2ccccc12. The summed E-state index contributed by atoms with van der Waals surface area (Å²) in [6.45, 7) is 6.20. The van der Waals surface area contributed by atoms with Crippen LogP contribution in [-0.4, -0.2) is 29.6 Å². The minimum atomic E-state index is 0.173. The maximum absolute atomic E-state index is 12.5. The molecule has 146 valence electrons. The van der Waals surface area contributed by atoms with Crippen LogP contribution in [-0.2, 0) is 17.9 Å². The first-order chi connectivity index (χ1) is 13.7. The molecule has 0 spiro atoms. The maximum atomic E-state index is 12.5. The molecule has 1 saturated heterocycles. The highest BCUT2D eigenvalue weighted by Crippen LogP contribution is 2.20. The summed E-state index contributed by atoms with van der Waals surface area (Å²) in [5, 5.41) is 4.54. The summed E-state index contributed by atoms with van der Waals surface area (Å²) < 4.78 is 2.21. The summed E-state index contributed by atoms with van der Waals surface area (Å²) in [5.41, 5.74) is 3.88. The largest absolute Gasteiger partial charge is 0.353 e. The van der Waals surface area contributed by atoms with Crippen LogP contribution < -0.4 is 10.2 Å². The Morgan fingerprint density at radius 3 is 2.57 bits per heavy atom. The van der Waals surface area contributed by atoms with Crippen molar-refractivity contribution in [2.24, 2.45) is 0 Å². The molecule has 1 amide bonds. The van der Waals surface area contributed by atoms with Gasteiger partial charge in [0.05, 0.1) is 13.1 Å². The Labute approximate surface area is 167 Å². The number of fused-ring (bicyclic) bond motifs is 1. The van der Waals surface area contributed by atoms with Crippen molar-refractivity contribution in [2.45, 2.75) is 45.3 Å². The number of hydrogen-bond acceptors (Lipinski definition) is 1. The Kier molecular flexibility index (Phi) is 5.77. The molecule has 4 nitrogen and oxygen atoms in total. The van der Waals surface area contributed by atoms with Crippen molar-refractivity contribution in [1.82, 2.24) is 9.88 Å². The number of rotatable bonds is 6. The van der Waals surface area contributed by atoms with Gasteiger partial charge in [-0.1, -0.05) is 48.5 Å². The normalized spacial score (nSPS) is 19.6. The molecule has 28 heavy (non-hydrogen) atoms. The van der Waals surface area contributed by atoms with Gasteiger partial charge in [0.2, 0.25) is 5.91 Å². The van der Waals surface area contributed by atoms with Crippen LogP contribution in [0.4, 0.5) is 0 Å². The number of carbonyl (C=O) groups excluding carboxylic acids is 1. The quantitative estimate of drug-likeness (QED) is 0.682. The number of nitrogens with one attached hydrogen (secondary N) is 2. The van der Waals surface area contributed by atoms with Gasteiger partial charge in [-0.2, -0.15) is 0 Å². The zero-order chi connectivity index (χ0) is 19.3. The minimum absolute atomic E-state index is 0.173. The van der Waals surface area contributed by atoms with Crippen LogP contribution in [0.15, 0.2) is 60.8 Å². The van der Waals surface area contributed by atoms with E-state index in [-0.39, 0.29) is 5.91 Å². The number of amides is 1. The number of piperidine rings is 1. The second-order valence-electron chi connectivity index (χ2n) is 8.03. The number of quaternary nitrogens is 1. The molecule has 0 atom stereocenters. The monoisotopic (exact) mass is 376 g/mol. The fraction of sp³-hybridized carbons (Fsp3) is 0.375. The van der Waals surface area contributed by atoms with Gasteiger partial charge >= 0.3 is 0 Å². The van der Waals surface area contributed by atoms with Crippen LogP contribution in [0.5, 0.6) is 0 Å². The molecule has 2 N–H and O–H groups in total. The van der Waals surface area contributed by atoms with E-state index in [1.165, 1.54) is 22.0 Å². The molecule has 3 aromatic rings. The number of nitrogens with zero attached hydrogens (tertiary/aromatic N) is 1. The lowest BCUT2D eigenvalue weighted by Gasteiger charge is -2.29. The lowest BCUT2D eigenvalue weighted by Crippen LogP contribution is -3.12. The van der Waals surface area contributed by atoms with Gasteiger partial charge < -0.3 is 14.8 Å². The van der Waals surface area contributed by atoms with Crippen LogP contribution >= 0.6 is 0 Å². The van der Waals surface area contributed by atoms with Gasteiger partial charge in [-0.05, 0) is 18.6 Å². The van der Waals surface area contributed by atoms with Gasteiger partial charge in [-0.3, -0.25) is 4.79 Å². The average Bonchev–Trinajstić information content (AvgIpc) is 3.05. The number of para-hydroxylation sites is 1. The van der Waals surface area contributed by atoms with E-state index in [0.29, 0.717) is 12.5 Å². The molecular formula is C24H30N3O+. The highest BCUT2D eigenvalue weighted by atomic mass is 16.1. The van der Waals surface area contributed by atoms with Crippen molar-refractivity contribution in [3.8, 4) is 0 Å². The number of aromatic nitrogens is 1. The first kappa shape index (κ1) is 18.8. The fourth-order valence-corrected chi connectivity index (χ4v) is 4.37. The van der Waals surface area contributed by atoms with E-state index in [1.54, 1.807) is 4.90 Å². The summed E-state index contributed by atoms with van der Waals surface area (Å²) in [6, 6.07) is 19.4. The number of hydrogen-bond donors (Lipinski definition) is 2. The molecule has 0 saturated carbocycles. The van der Waals surface area contributed by atoms with E-state index < -0.39 is 0 Å². The zero-order valence-electron chi connectivity index (χ0n) is 16.7. The van der Waals surface area contributed by atoms with Gasteiger partial charge in [-0.15, -0.1) is 0 Å². The maximum Gasteiger partial charge on any atom is 0.222 e. The van der Waals surface area contributed by atoms with Crippen molar-refractivity contribution in [3.63, 3.8) is 0 Å². The molecule has 2 aromatic carbocycles. The molecule has 1 fully saturated rings. The number of carbonyl (C=O) groups is 1. The highest BCUT2D eigenvalue weighted by Gasteiger charge is 2.23. The smallest absolute Gasteiger partial charge is 0.222 e. The molecule has 4 rings (SSSR count). The first-order valence-electron chi connectivity index (χ1n) is 10.4. The van der Waals surface area contributed by atoms with Gasteiger partial charge in [0.15, 0.2) is 0 Å². The molecular weight excluding hydrogens is 346 g/mol. The highest BCUT2D eigenvalue weighted by molar-refractivity contribution is 5.84. The number of aryl methyl sites for hydroxylation is 2. The summed E-state index contributed by atoms with van der Waals surface area (Å²) in [7, 11) is 0. The molecule has 0 bridgehead atoms. The predicted molar refractivity (Wildman–Crippen MR) is 113 cm³/mol. The standard InChI is InChI=1S/C24H29N3O/c1-19-17-27(23-10-6-5-9-22(19)23)16-13-24(28)25-21-11-14-26(15-12-21)18-20-7-3-2-4-8-20/h2-10,17,21H,11-16,18H2,1H3,(H,25,28)/p+1. The topological polar surface area (TPSA) is 38.5 Å². The molecule has 2 heterocycles. The third-order valence-electron chi connectivity index (χ3n) is 5.92. The average molecular weight is 377 g/mol. The summed E-state index contributed by atoms with van der Waals surface area (Å²) in [4.78, 5) is 14.1. The number of likely N-dealkylation sites (tertiary alicyclic amines) is 1. The molecule has 1 aromatic heterocycles. The third kappa shape index (κ3) is 4.45. The van der Waals surface area contributed by atoms with Gasteiger partial charge in [0, 0.05) is 54.5 Å². The van der Waals surface area contributed by atoms with E-state index in [2.05, 4.69) is 77.6 Å². The lowest BCUT2D eigenvalue weighted by atomic mass is 10.0. The number of benzene rings is 2. The van der Waals surface area contributed by atoms with Crippen molar-refractivity contribution in [1.29, 1.82) is 0 Å². The zero-order valence-corrected chi connectivity index (χ0v) is 16.7. The molecule has 0 aliphatic carbocycles. The van der Waals surface area contributed by atoms with Crippen LogP contribution in [0, 0.1) is 6.92 Å². The third-order valence-corrected chi connectivity index (χ3v) is 5.92. The van der Waals surface area contributed by atoms with E-state index in [1.807, 2.05) is 0 Å². The van der Waals surface area contributed by atoms with Crippen molar-refractivity contribution in [2.75, 3.05) is 13.1 Å². The Morgan fingerprint density at radius 1 is 1.07 bits per heavy atom. The molecule has 1 aliphatic rings. The van der Waals surface area contributed by atoms with E-state index in [4.69, 9.17) is 0 Å². The summed E-state index contributed by atoms with van der Waals surface area (Å²) in [6.07, 6.45) is 4.83. The Balaban J connectivity index is 1.23. The Hall–Kier alpha value is -2.59. The molecule has 0 unspecified atom stereocenters. The fourth-order valence-electron chi connectivity index (χ4n) is 4.37. The second kappa shape index (κ2) is 8.61. The summed E-state index contributed by atoms with van der Waals surface area (Å²) >= 11 is 0. The molecule has 0 radical (unpaired) electrons. The van der Waals surface area contributed by atoms with Crippen molar-refractivity contribution in [3.05, 3.63) is 71.9 Å². The minimum Gasteiger partial charge on any atom is -0.353 e. The second-order valence-corrected chi connectivity index (χ2v) is 8.03. The van der Waals surface area contributed by atoms with Crippen LogP contribution in [0.2, 0.25) is 0 Å². The van der Waals surface area contributed by atoms with Crippen LogP contribution in [0.1, 0.15) is 30.4 Å². The van der Waals surface area contributed by atoms with Crippen LogP contribution in [0.3, 0.4) is 0 Å². The Bertz CT molecular complexity index is 923.